The summed E-state index contributed by atoms with van der Waals surface area (Å²) in [7, 11) is 1.36. The number of anilines is 1. The number of aromatic nitrogens is 1. The molecule has 0 bridgehead atoms. The molecule has 0 saturated carbocycles. The van der Waals surface area contributed by atoms with Gasteiger partial charge in [-0.25, -0.2) is 9.78 Å². The van der Waals surface area contributed by atoms with Crippen molar-refractivity contribution in [2.75, 3.05) is 12.8 Å². The fraction of sp³-hybridized carbons (Fsp3) is 0.0769. The first-order valence-electron chi connectivity index (χ1n) is 5.11. The molecule has 0 amide bonds. The first-order chi connectivity index (χ1) is 8.20. The zero-order valence-corrected chi connectivity index (χ0v) is 9.38. The molecule has 0 saturated heterocycles. The van der Waals surface area contributed by atoms with Crippen LogP contribution in [0.5, 0.6) is 0 Å². The SMILES string of the molecule is COC(=O)c1ccc(-c2ccnc(N)c2)cc1. The van der Waals surface area contributed by atoms with E-state index in [1.54, 1.807) is 24.4 Å². The first kappa shape index (κ1) is 11.1. The van der Waals surface area contributed by atoms with E-state index in [-0.39, 0.29) is 5.97 Å². The quantitative estimate of drug-likeness (QED) is 0.799. The van der Waals surface area contributed by atoms with Crippen molar-refractivity contribution >= 4 is 11.8 Å². The zero-order chi connectivity index (χ0) is 12.3. The summed E-state index contributed by atoms with van der Waals surface area (Å²) < 4.78 is 4.63. The molecule has 0 unspecified atom stereocenters. The van der Waals surface area contributed by atoms with Gasteiger partial charge < -0.3 is 10.5 Å². The van der Waals surface area contributed by atoms with Crippen molar-refractivity contribution in [3.63, 3.8) is 0 Å². The predicted molar refractivity (Wildman–Crippen MR) is 65.4 cm³/mol. The van der Waals surface area contributed by atoms with Crippen LogP contribution in [0.15, 0.2) is 42.6 Å². The summed E-state index contributed by atoms with van der Waals surface area (Å²) in [5.74, 6) is 0.130. The number of benzene rings is 1. The van der Waals surface area contributed by atoms with Crippen molar-refractivity contribution in [1.82, 2.24) is 4.98 Å². The third-order valence-corrected chi connectivity index (χ3v) is 2.42. The van der Waals surface area contributed by atoms with Crippen molar-refractivity contribution in [1.29, 1.82) is 0 Å². The number of rotatable bonds is 2. The molecule has 0 aliphatic heterocycles. The summed E-state index contributed by atoms with van der Waals surface area (Å²) in [6.45, 7) is 0. The van der Waals surface area contributed by atoms with Crippen LogP contribution >= 0.6 is 0 Å². The third-order valence-electron chi connectivity index (χ3n) is 2.42. The van der Waals surface area contributed by atoms with E-state index >= 15 is 0 Å². The summed E-state index contributed by atoms with van der Waals surface area (Å²) in [6.07, 6.45) is 1.65. The maximum absolute atomic E-state index is 11.3. The van der Waals surface area contributed by atoms with Crippen LogP contribution in [0.1, 0.15) is 10.4 Å². The molecule has 1 aromatic carbocycles. The maximum Gasteiger partial charge on any atom is 0.337 e. The van der Waals surface area contributed by atoms with E-state index in [0.717, 1.165) is 11.1 Å². The Bertz CT molecular complexity index is 535. The number of carbonyl (C=O) groups is 1. The number of hydrogen-bond donors (Lipinski definition) is 1. The van der Waals surface area contributed by atoms with E-state index in [9.17, 15) is 4.79 Å². The minimum atomic E-state index is -0.342. The van der Waals surface area contributed by atoms with Gasteiger partial charge in [-0.2, -0.15) is 0 Å². The van der Waals surface area contributed by atoms with Gasteiger partial charge in [0.1, 0.15) is 5.82 Å². The zero-order valence-electron chi connectivity index (χ0n) is 9.38. The van der Waals surface area contributed by atoms with Crippen molar-refractivity contribution in [2.45, 2.75) is 0 Å². The highest BCUT2D eigenvalue weighted by Crippen LogP contribution is 2.20. The molecule has 1 heterocycles. The van der Waals surface area contributed by atoms with Gasteiger partial charge in [0.2, 0.25) is 0 Å². The van der Waals surface area contributed by atoms with E-state index in [0.29, 0.717) is 11.4 Å². The number of ether oxygens (including phenoxy) is 1. The van der Waals surface area contributed by atoms with Gasteiger partial charge in [-0.3, -0.25) is 0 Å². The van der Waals surface area contributed by atoms with Crippen LogP contribution in [0.4, 0.5) is 5.82 Å². The molecule has 4 heteroatoms. The van der Waals surface area contributed by atoms with E-state index in [1.165, 1.54) is 7.11 Å². The Morgan fingerprint density at radius 1 is 1.18 bits per heavy atom. The standard InChI is InChI=1S/C13H12N2O2/c1-17-13(16)10-4-2-9(3-5-10)11-6-7-15-12(14)8-11/h2-8H,1H3,(H2,14,15). The van der Waals surface area contributed by atoms with Gasteiger partial charge in [0.05, 0.1) is 12.7 Å². The summed E-state index contributed by atoms with van der Waals surface area (Å²) >= 11 is 0. The van der Waals surface area contributed by atoms with Gasteiger partial charge in [0, 0.05) is 6.20 Å². The summed E-state index contributed by atoms with van der Waals surface area (Å²) in [4.78, 5) is 15.2. The van der Waals surface area contributed by atoms with Gasteiger partial charge in [-0.05, 0) is 35.4 Å². The molecule has 86 valence electrons. The summed E-state index contributed by atoms with van der Waals surface area (Å²) in [6, 6.07) is 10.8. The number of carbonyl (C=O) groups excluding carboxylic acids is 1. The lowest BCUT2D eigenvalue weighted by Crippen LogP contribution is -2.00. The van der Waals surface area contributed by atoms with Gasteiger partial charge in [0.25, 0.3) is 0 Å². The van der Waals surface area contributed by atoms with Crippen molar-refractivity contribution in [2.24, 2.45) is 0 Å². The van der Waals surface area contributed by atoms with Crippen LogP contribution in [0, 0.1) is 0 Å². The van der Waals surface area contributed by atoms with Crippen molar-refractivity contribution in [3.05, 3.63) is 48.2 Å². The Hall–Kier alpha value is -2.36. The fourth-order valence-electron chi connectivity index (χ4n) is 1.54. The lowest BCUT2D eigenvalue weighted by molar-refractivity contribution is 0.0601. The van der Waals surface area contributed by atoms with Crippen molar-refractivity contribution in [3.8, 4) is 11.1 Å². The predicted octanol–water partition coefficient (Wildman–Crippen LogP) is 2.12. The normalized spacial score (nSPS) is 9.94. The number of nitrogens with two attached hydrogens (primary N) is 1. The molecule has 0 aliphatic carbocycles. The first-order valence-corrected chi connectivity index (χ1v) is 5.11. The smallest absolute Gasteiger partial charge is 0.337 e. The van der Waals surface area contributed by atoms with Crippen LogP contribution in [0.2, 0.25) is 0 Å². The highest BCUT2D eigenvalue weighted by molar-refractivity contribution is 5.90. The topological polar surface area (TPSA) is 65.2 Å². The Balaban J connectivity index is 2.32. The Kier molecular flexibility index (Phi) is 3.05. The molecular formula is C13H12N2O2. The van der Waals surface area contributed by atoms with Crippen molar-refractivity contribution < 1.29 is 9.53 Å². The summed E-state index contributed by atoms with van der Waals surface area (Å²) in [5.41, 5.74) is 8.08. The molecular weight excluding hydrogens is 216 g/mol. The molecule has 0 fully saturated rings. The Morgan fingerprint density at radius 2 is 1.88 bits per heavy atom. The molecule has 0 atom stereocenters. The molecule has 4 nitrogen and oxygen atoms in total. The minimum Gasteiger partial charge on any atom is -0.465 e. The maximum atomic E-state index is 11.3. The number of hydrogen-bond acceptors (Lipinski definition) is 4. The number of methoxy groups -OCH3 is 1. The number of nitrogens with zero attached hydrogens (tertiary/aromatic N) is 1. The highest BCUT2D eigenvalue weighted by Gasteiger charge is 2.05. The molecule has 0 radical (unpaired) electrons. The molecule has 1 aromatic heterocycles. The average molecular weight is 228 g/mol. The minimum absolute atomic E-state index is 0.342. The van der Waals surface area contributed by atoms with Gasteiger partial charge in [-0.15, -0.1) is 0 Å². The number of pyridine rings is 1. The molecule has 2 N–H and O–H groups in total. The Labute approximate surface area is 99.1 Å². The van der Waals surface area contributed by atoms with Gasteiger partial charge in [-0.1, -0.05) is 12.1 Å². The molecule has 2 rings (SSSR count). The molecule has 0 aliphatic rings. The van der Waals surface area contributed by atoms with Crippen LogP contribution in [0.25, 0.3) is 11.1 Å². The Morgan fingerprint density at radius 3 is 2.47 bits per heavy atom. The second kappa shape index (κ2) is 4.65. The highest BCUT2D eigenvalue weighted by atomic mass is 16.5. The second-order valence-electron chi connectivity index (χ2n) is 3.54. The second-order valence-corrected chi connectivity index (χ2v) is 3.54. The van der Waals surface area contributed by atoms with Crippen LogP contribution < -0.4 is 5.73 Å². The van der Waals surface area contributed by atoms with Gasteiger partial charge >= 0.3 is 5.97 Å². The van der Waals surface area contributed by atoms with Crippen LogP contribution in [-0.2, 0) is 4.74 Å². The van der Waals surface area contributed by atoms with E-state index in [1.807, 2.05) is 18.2 Å². The molecule has 17 heavy (non-hydrogen) atoms. The van der Waals surface area contributed by atoms with Gasteiger partial charge in [0.15, 0.2) is 0 Å². The number of nitrogen functional groups attached to an aromatic ring is 1. The monoisotopic (exact) mass is 228 g/mol. The lowest BCUT2D eigenvalue weighted by atomic mass is 10.1. The van der Waals surface area contributed by atoms with Crippen LogP contribution in [-0.4, -0.2) is 18.1 Å². The lowest BCUT2D eigenvalue weighted by Gasteiger charge is -2.03. The van der Waals surface area contributed by atoms with E-state index in [2.05, 4.69) is 9.72 Å². The largest absolute Gasteiger partial charge is 0.465 e. The average Bonchev–Trinajstić information content (AvgIpc) is 2.38. The third kappa shape index (κ3) is 2.42. The summed E-state index contributed by atoms with van der Waals surface area (Å²) in [5, 5.41) is 0. The number of esters is 1. The molecule has 0 spiro atoms. The fourth-order valence-corrected chi connectivity index (χ4v) is 1.54. The van der Waals surface area contributed by atoms with E-state index in [4.69, 9.17) is 5.73 Å². The van der Waals surface area contributed by atoms with E-state index < -0.39 is 0 Å². The molecule has 2 aromatic rings. The van der Waals surface area contributed by atoms with Crippen LogP contribution in [0.3, 0.4) is 0 Å².